The lowest BCUT2D eigenvalue weighted by Crippen LogP contribution is -2.43. The summed E-state index contributed by atoms with van der Waals surface area (Å²) in [6.45, 7) is 14.3. The van der Waals surface area contributed by atoms with E-state index < -0.39 is 8.32 Å². The second-order valence-electron chi connectivity index (χ2n) is 10.2. The van der Waals surface area contributed by atoms with Gasteiger partial charge in [-0.05, 0) is 73.7 Å². The van der Waals surface area contributed by atoms with E-state index in [1.807, 2.05) is 0 Å². The van der Waals surface area contributed by atoms with Gasteiger partial charge in [0.15, 0.2) is 14.1 Å². The van der Waals surface area contributed by atoms with E-state index >= 15 is 0 Å². The van der Waals surface area contributed by atoms with Gasteiger partial charge in [-0.2, -0.15) is 40.5 Å². The van der Waals surface area contributed by atoms with Crippen LogP contribution in [-0.2, 0) is 13.9 Å². The molecule has 0 unspecified atom stereocenters. The van der Waals surface area contributed by atoms with Crippen LogP contribution in [0.1, 0.15) is 52.4 Å². The molecule has 0 aromatic heterocycles. The van der Waals surface area contributed by atoms with Crippen LogP contribution in [0, 0.1) is 17.3 Å². The maximum Gasteiger partial charge on any atom is 0.183 e. The molecule has 0 N–H and O–H groups in total. The van der Waals surface area contributed by atoms with Crippen molar-refractivity contribution >= 4 is 48.8 Å². The van der Waals surface area contributed by atoms with Crippen LogP contribution < -0.4 is 0 Å². The first-order chi connectivity index (χ1) is 12.2. The molecule has 3 aliphatic carbocycles. The predicted octanol–water partition coefficient (Wildman–Crippen LogP) is 5.78. The molecule has 0 radical (unpaired) electrons. The summed E-state index contributed by atoms with van der Waals surface area (Å²) in [6, 6.07) is 0. The van der Waals surface area contributed by atoms with E-state index in [9.17, 15) is 0 Å². The van der Waals surface area contributed by atoms with Crippen molar-refractivity contribution in [2.75, 3.05) is 19.8 Å². The summed E-state index contributed by atoms with van der Waals surface area (Å²) < 4.78 is 18.3. The number of ether oxygens (including phenoxy) is 2. The highest BCUT2D eigenvalue weighted by Crippen LogP contribution is 2.54. The van der Waals surface area contributed by atoms with Crippen LogP contribution in [0.2, 0.25) is 19.6 Å². The maximum absolute atomic E-state index is 6.36. The number of rotatable bonds is 3. The van der Waals surface area contributed by atoms with Crippen molar-refractivity contribution in [1.29, 1.82) is 0 Å². The Morgan fingerprint density at radius 1 is 1.10 bits per heavy atom. The molecule has 7 heteroatoms. The molecule has 1 aliphatic heterocycles. The lowest BCUT2D eigenvalue weighted by Gasteiger charge is -2.49. The zero-order chi connectivity index (χ0) is 18.6. The van der Waals surface area contributed by atoms with Crippen molar-refractivity contribution in [3.8, 4) is 0 Å². The molecule has 0 saturated carbocycles. The average molecular weight is 479 g/mol. The smallest absolute Gasteiger partial charge is 0.183 e. The Hall–Kier alpha value is 0.627. The minimum atomic E-state index is -1.47. The van der Waals surface area contributed by atoms with Crippen molar-refractivity contribution < 1.29 is 13.9 Å². The van der Waals surface area contributed by atoms with Crippen LogP contribution in [0.15, 0.2) is 22.8 Å². The molecule has 1 fully saturated rings. The molecule has 4 aliphatic rings. The molecule has 1 heterocycles. The zero-order valence-electron chi connectivity index (χ0n) is 18.8. The third kappa shape index (κ3) is 5.52. The van der Waals surface area contributed by atoms with Crippen molar-refractivity contribution in [3.05, 3.63) is 22.8 Å². The largest absolute Gasteiger partial charge is 0.417 e. The average Bonchev–Trinajstić information content (AvgIpc) is 3.03. The minimum Gasteiger partial charge on any atom is -0.417 e. The van der Waals surface area contributed by atoms with Gasteiger partial charge in [-0.15, -0.1) is 0 Å². The second kappa shape index (κ2) is 10.0. The molecule has 0 amide bonds. The van der Waals surface area contributed by atoms with Gasteiger partial charge in [0.05, 0.1) is 13.2 Å². The summed E-state index contributed by atoms with van der Waals surface area (Å²) in [5, 5.41) is 0. The standard InChI is InChI=1S/C22H36O3Si.3H2S/c1-16-18-7-6-17-14-22(23-12-13-24-22)11-9-19(17)20(18)8-10-21(16,2)15-25-26(3,4)5;;;/h8,16,18H,6-7,9-15H2,1-5H3;3*1H2/t16-,18-,21+;;;/m0.../s1. The van der Waals surface area contributed by atoms with E-state index in [0.717, 1.165) is 45.5 Å². The third-order valence-corrected chi connectivity index (χ3v) is 8.32. The predicted molar refractivity (Wildman–Crippen MR) is 139 cm³/mol. The van der Waals surface area contributed by atoms with Gasteiger partial charge >= 0.3 is 0 Å². The molecular formula is C22H42O3S3Si. The van der Waals surface area contributed by atoms with E-state index in [-0.39, 0.29) is 51.7 Å². The molecule has 1 spiro atoms. The van der Waals surface area contributed by atoms with Gasteiger partial charge in [0, 0.05) is 19.4 Å². The Balaban J connectivity index is 0.00000140. The summed E-state index contributed by atoms with van der Waals surface area (Å²) in [4.78, 5) is 0. The lowest BCUT2D eigenvalue weighted by atomic mass is 9.58. The number of allylic oxidation sites excluding steroid dienone is 3. The molecule has 0 bridgehead atoms. The first kappa shape index (κ1) is 27.7. The third-order valence-electron chi connectivity index (χ3n) is 7.31. The first-order valence-corrected chi connectivity index (χ1v) is 14.0. The maximum atomic E-state index is 6.36. The van der Waals surface area contributed by atoms with Gasteiger partial charge in [0.2, 0.25) is 0 Å². The van der Waals surface area contributed by atoms with E-state index in [2.05, 4.69) is 39.6 Å². The Labute approximate surface area is 199 Å². The SMILES string of the molecule is C[C@H]1[C@@H]2CCC3=C(CCC4(C3)OCCO4)C2=CC[C@]1(C)CO[Si](C)(C)C.S.S.S. The Morgan fingerprint density at radius 2 is 1.76 bits per heavy atom. The van der Waals surface area contributed by atoms with Gasteiger partial charge in [-0.25, -0.2) is 0 Å². The van der Waals surface area contributed by atoms with Gasteiger partial charge in [-0.1, -0.05) is 25.5 Å². The van der Waals surface area contributed by atoms with Crippen LogP contribution >= 0.6 is 40.5 Å². The highest BCUT2D eigenvalue weighted by molar-refractivity contribution is 7.59. The Morgan fingerprint density at radius 3 is 2.38 bits per heavy atom. The molecule has 0 aromatic carbocycles. The van der Waals surface area contributed by atoms with Gasteiger partial charge in [-0.3, -0.25) is 0 Å². The van der Waals surface area contributed by atoms with Crippen LogP contribution in [0.3, 0.4) is 0 Å². The highest BCUT2D eigenvalue weighted by Gasteiger charge is 2.47. The molecule has 3 nitrogen and oxygen atoms in total. The quantitative estimate of drug-likeness (QED) is 0.481. The van der Waals surface area contributed by atoms with Crippen LogP contribution in [0.25, 0.3) is 0 Å². The highest BCUT2D eigenvalue weighted by atomic mass is 32.1. The fourth-order valence-corrected chi connectivity index (χ4v) is 6.20. The lowest BCUT2D eigenvalue weighted by molar-refractivity contribution is -0.164. The topological polar surface area (TPSA) is 27.7 Å². The normalized spacial score (nSPS) is 32.9. The van der Waals surface area contributed by atoms with E-state index in [1.165, 1.54) is 12.8 Å². The van der Waals surface area contributed by atoms with Crippen molar-refractivity contribution in [3.63, 3.8) is 0 Å². The fraction of sp³-hybridized carbons (Fsp3) is 0.818. The van der Waals surface area contributed by atoms with Crippen LogP contribution in [0.5, 0.6) is 0 Å². The Kier molecular flexibility index (Phi) is 9.59. The number of fused-ring (bicyclic) bond motifs is 2. The van der Waals surface area contributed by atoms with Gasteiger partial charge < -0.3 is 13.9 Å². The Bertz CT molecular complexity index is 638. The summed E-state index contributed by atoms with van der Waals surface area (Å²) in [5.41, 5.74) is 5.22. The molecule has 29 heavy (non-hydrogen) atoms. The van der Waals surface area contributed by atoms with E-state index in [1.54, 1.807) is 16.7 Å². The van der Waals surface area contributed by atoms with E-state index in [0.29, 0.717) is 11.8 Å². The first-order valence-electron chi connectivity index (χ1n) is 10.5. The minimum absolute atomic E-state index is 0. The fourth-order valence-electron chi connectivity index (χ4n) is 5.43. The van der Waals surface area contributed by atoms with Gasteiger partial charge in [0.25, 0.3) is 0 Å². The molecule has 170 valence electrons. The number of hydrogen-bond donors (Lipinski definition) is 0. The molecule has 1 saturated heterocycles. The molecule has 4 rings (SSSR count). The summed E-state index contributed by atoms with van der Waals surface area (Å²) in [6.07, 6.45) is 9.38. The summed E-state index contributed by atoms with van der Waals surface area (Å²) in [5.74, 6) is 1.10. The van der Waals surface area contributed by atoms with Crippen LogP contribution in [-0.4, -0.2) is 33.9 Å². The molecule has 3 atom stereocenters. The van der Waals surface area contributed by atoms with Crippen molar-refractivity contribution in [2.45, 2.75) is 77.8 Å². The van der Waals surface area contributed by atoms with Crippen molar-refractivity contribution in [1.82, 2.24) is 0 Å². The number of hydrogen-bond acceptors (Lipinski definition) is 3. The van der Waals surface area contributed by atoms with Crippen molar-refractivity contribution in [2.24, 2.45) is 17.3 Å². The summed E-state index contributed by atoms with van der Waals surface area (Å²) in [7, 11) is -1.47. The molecular weight excluding hydrogens is 437 g/mol. The van der Waals surface area contributed by atoms with Gasteiger partial charge in [0.1, 0.15) is 0 Å². The van der Waals surface area contributed by atoms with E-state index in [4.69, 9.17) is 13.9 Å². The second-order valence-corrected chi connectivity index (χ2v) is 14.7. The monoisotopic (exact) mass is 478 g/mol. The van der Waals surface area contributed by atoms with Crippen LogP contribution in [0.4, 0.5) is 0 Å². The molecule has 0 aromatic rings. The zero-order valence-corrected chi connectivity index (χ0v) is 22.8. The summed E-state index contributed by atoms with van der Waals surface area (Å²) >= 11 is 0.